The maximum absolute atomic E-state index is 6.30. The number of nitrogens with zero attached hydrogens (tertiary/aromatic N) is 4. The minimum absolute atomic E-state index is 0.284. The summed E-state index contributed by atoms with van der Waals surface area (Å²) in [7, 11) is 0. The fourth-order valence-electron chi connectivity index (χ4n) is 3.55. The van der Waals surface area contributed by atoms with Gasteiger partial charge < -0.3 is 9.47 Å². The first-order chi connectivity index (χ1) is 12.6. The molecule has 4 rings (SSSR count). The summed E-state index contributed by atoms with van der Waals surface area (Å²) in [4.78, 5) is 2.29. The average Bonchev–Trinajstić information content (AvgIpc) is 3.06. The highest BCUT2D eigenvalue weighted by atomic mass is 35.5. The molecule has 0 radical (unpaired) electrons. The highest BCUT2D eigenvalue weighted by Gasteiger charge is 2.28. The number of halogens is 1. The van der Waals surface area contributed by atoms with E-state index in [0.717, 1.165) is 45.6 Å². The molecule has 26 heavy (non-hydrogen) atoms. The molecular weight excluding hydrogens is 344 g/mol. The van der Waals surface area contributed by atoms with Gasteiger partial charge in [-0.15, -0.1) is 10.2 Å². The van der Waals surface area contributed by atoms with E-state index in [1.807, 2.05) is 37.3 Å². The van der Waals surface area contributed by atoms with Crippen LogP contribution in [-0.2, 0) is 13.1 Å². The third kappa shape index (κ3) is 2.80. The predicted octanol–water partition coefficient (Wildman–Crippen LogP) is 4.78. The first-order valence-corrected chi connectivity index (χ1v) is 9.12. The maximum atomic E-state index is 6.30. The Morgan fingerprint density at radius 2 is 1.88 bits per heavy atom. The molecule has 0 spiro atoms. The Bertz CT molecular complexity index is 961. The first-order valence-electron chi connectivity index (χ1n) is 8.75. The van der Waals surface area contributed by atoms with E-state index < -0.39 is 0 Å². The fourth-order valence-corrected chi connectivity index (χ4v) is 3.73. The Balaban J connectivity index is 1.66. The molecule has 1 atom stereocenters. The number of hydrogen-bond donors (Lipinski definition) is 0. The van der Waals surface area contributed by atoms with Gasteiger partial charge in [0.05, 0.1) is 6.54 Å². The highest BCUT2D eigenvalue weighted by molar-refractivity contribution is 6.31. The largest absolute Gasteiger partial charge is 0.359 e. The van der Waals surface area contributed by atoms with Crippen LogP contribution in [0.5, 0.6) is 0 Å². The summed E-state index contributed by atoms with van der Waals surface area (Å²) >= 11 is 6.30. The Hall–Kier alpha value is -2.59. The first kappa shape index (κ1) is 16.9. The summed E-state index contributed by atoms with van der Waals surface area (Å²) in [5.41, 5.74) is 4.22. The van der Waals surface area contributed by atoms with E-state index in [1.165, 1.54) is 0 Å². The lowest BCUT2D eigenvalue weighted by atomic mass is 10.0. The van der Waals surface area contributed by atoms with E-state index in [2.05, 4.69) is 51.4 Å². The quantitative estimate of drug-likeness (QED) is 0.670. The molecule has 1 aliphatic heterocycles. The Kier molecular flexibility index (Phi) is 4.29. The van der Waals surface area contributed by atoms with Gasteiger partial charge in [0.15, 0.2) is 11.6 Å². The van der Waals surface area contributed by atoms with Gasteiger partial charge in [-0.1, -0.05) is 60.6 Å². The SMILES string of the molecule is C=C(c1cccc(Cl)c1C)N1Cc2nnc(-c3ccccc3)n2C[C@H]1C. The molecule has 1 aliphatic rings. The third-order valence-corrected chi connectivity index (χ3v) is 5.48. The van der Waals surface area contributed by atoms with Crippen LogP contribution in [-0.4, -0.2) is 25.7 Å². The van der Waals surface area contributed by atoms with Gasteiger partial charge in [-0.05, 0) is 25.5 Å². The summed E-state index contributed by atoms with van der Waals surface area (Å²) in [6.45, 7) is 10.1. The predicted molar refractivity (Wildman–Crippen MR) is 106 cm³/mol. The lowest BCUT2D eigenvalue weighted by Gasteiger charge is -2.37. The fraction of sp³-hybridized carbons (Fsp3) is 0.238. The molecular formula is C21H21ClN4. The molecule has 0 unspecified atom stereocenters. The van der Waals surface area contributed by atoms with Crippen molar-refractivity contribution < 1.29 is 0 Å². The van der Waals surface area contributed by atoms with Crippen LogP contribution in [0.25, 0.3) is 17.1 Å². The van der Waals surface area contributed by atoms with Gasteiger partial charge >= 0.3 is 0 Å². The van der Waals surface area contributed by atoms with E-state index in [0.29, 0.717) is 6.54 Å². The van der Waals surface area contributed by atoms with Gasteiger partial charge in [0.25, 0.3) is 0 Å². The van der Waals surface area contributed by atoms with Gasteiger partial charge in [0.1, 0.15) is 0 Å². The summed E-state index contributed by atoms with van der Waals surface area (Å²) in [5, 5.41) is 9.64. The molecule has 5 heteroatoms. The van der Waals surface area contributed by atoms with Crippen LogP contribution in [0.4, 0.5) is 0 Å². The zero-order valence-electron chi connectivity index (χ0n) is 15.0. The summed E-state index contributed by atoms with van der Waals surface area (Å²) in [5.74, 6) is 1.89. The second-order valence-corrected chi connectivity index (χ2v) is 7.16. The van der Waals surface area contributed by atoms with E-state index in [4.69, 9.17) is 11.6 Å². The molecule has 2 heterocycles. The van der Waals surface area contributed by atoms with E-state index in [-0.39, 0.29) is 6.04 Å². The monoisotopic (exact) mass is 364 g/mol. The summed E-state index contributed by atoms with van der Waals surface area (Å²) in [6.07, 6.45) is 0. The van der Waals surface area contributed by atoms with Crippen LogP contribution in [0.1, 0.15) is 23.9 Å². The van der Waals surface area contributed by atoms with Crippen molar-refractivity contribution in [2.75, 3.05) is 0 Å². The standard InChI is InChI=1S/C21H21ClN4/c1-14-12-26-20(23-24-21(26)17-8-5-4-6-9-17)13-25(14)16(3)18-10-7-11-19(22)15(18)2/h4-11,14H,3,12-13H2,1-2H3/t14-/m1/s1. The normalized spacial score (nSPS) is 16.4. The van der Waals surface area contributed by atoms with Crippen molar-refractivity contribution in [3.63, 3.8) is 0 Å². The number of hydrogen-bond acceptors (Lipinski definition) is 3. The highest BCUT2D eigenvalue weighted by Crippen LogP contribution is 2.32. The molecule has 2 aromatic carbocycles. The number of fused-ring (bicyclic) bond motifs is 1. The molecule has 0 N–H and O–H groups in total. The zero-order valence-corrected chi connectivity index (χ0v) is 15.7. The zero-order chi connectivity index (χ0) is 18.3. The molecule has 132 valence electrons. The van der Waals surface area contributed by atoms with E-state index in [1.54, 1.807) is 0 Å². The minimum Gasteiger partial charge on any atom is -0.359 e. The van der Waals surface area contributed by atoms with Crippen molar-refractivity contribution in [3.05, 3.63) is 77.1 Å². The molecule has 3 aromatic rings. The van der Waals surface area contributed by atoms with Crippen molar-refractivity contribution in [2.45, 2.75) is 33.0 Å². The second kappa shape index (κ2) is 6.61. The molecule has 0 bridgehead atoms. The molecule has 0 fully saturated rings. The average molecular weight is 365 g/mol. The van der Waals surface area contributed by atoms with Gasteiger partial charge in [-0.25, -0.2) is 0 Å². The van der Waals surface area contributed by atoms with Gasteiger partial charge in [0.2, 0.25) is 0 Å². The van der Waals surface area contributed by atoms with Crippen molar-refractivity contribution in [1.82, 2.24) is 19.7 Å². The summed E-state index contributed by atoms with van der Waals surface area (Å²) in [6, 6.07) is 16.5. The van der Waals surface area contributed by atoms with Crippen LogP contribution in [0.15, 0.2) is 55.1 Å². The lowest BCUT2D eigenvalue weighted by molar-refractivity contribution is 0.232. The van der Waals surface area contributed by atoms with Crippen LogP contribution in [0.2, 0.25) is 5.02 Å². The number of benzene rings is 2. The summed E-state index contributed by atoms with van der Waals surface area (Å²) < 4.78 is 2.22. The van der Waals surface area contributed by atoms with Gasteiger partial charge in [-0.3, -0.25) is 0 Å². The smallest absolute Gasteiger partial charge is 0.164 e. The van der Waals surface area contributed by atoms with Crippen molar-refractivity contribution >= 4 is 17.3 Å². The van der Waals surface area contributed by atoms with Gasteiger partial charge in [0, 0.05) is 34.4 Å². The molecule has 0 amide bonds. The lowest BCUT2D eigenvalue weighted by Crippen LogP contribution is -2.40. The minimum atomic E-state index is 0.284. The molecule has 1 aromatic heterocycles. The van der Waals surface area contributed by atoms with E-state index in [9.17, 15) is 0 Å². The molecule has 4 nitrogen and oxygen atoms in total. The second-order valence-electron chi connectivity index (χ2n) is 6.75. The molecule has 0 saturated carbocycles. The van der Waals surface area contributed by atoms with Crippen LogP contribution in [0, 0.1) is 6.92 Å². The molecule has 0 saturated heterocycles. The molecule has 0 aliphatic carbocycles. The Labute approximate surface area is 158 Å². The van der Waals surface area contributed by atoms with Gasteiger partial charge in [-0.2, -0.15) is 0 Å². The van der Waals surface area contributed by atoms with Crippen molar-refractivity contribution in [1.29, 1.82) is 0 Å². The van der Waals surface area contributed by atoms with Crippen molar-refractivity contribution in [3.8, 4) is 11.4 Å². The topological polar surface area (TPSA) is 34.0 Å². The number of rotatable bonds is 3. The van der Waals surface area contributed by atoms with Crippen molar-refractivity contribution in [2.24, 2.45) is 0 Å². The Morgan fingerprint density at radius 3 is 2.65 bits per heavy atom. The van der Waals surface area contributed by atoms with Crippen LogP contribution in [0.3, 0.4) is 0 Å². The van der Waals surface area contributed by atoms with Crippen LogP contribution >= 0.6 is 11.6 Å². The maximum Gasteiger partial charge on any atom is 0.164 e. The van der Waals surface area contributed by atoms with E-state index >= 15 is 0 Å². The number of aromatic nitrogens is 3. The van der Waals surface area contributed by atoms with Crippen LogP contribution < -0.4 is 0 Å². The third-order valence-electron chi connectivity index (χ3n) is 5.08. The Morgan fingerprint density at radius 1 is 1.12 bits per heavy atom.